The van der Waals surface area contributed by atoms with Gasteiger partial charge in [0.25, 0.3) is 0 Å². The lowest BCUT2D eigenvalue weighted by molar-refractivity contribution is -0.127. The molecule has 0 saturated heterocycles. The van der Waals surface area contributed by atoms with Crippen LogP contribution < -0.4 is 0 Å². The third kappa shape index (κ3) is 3.12. The Morgan fingerprint density at radius 3 is 2.36 bits per heavy atom. The Labute approximate surface area is 81.0 Å². The summed E-state index contributed by atoms with van der Waals surface area (Å²) in [6, 6.07) is 5.05. The van der Waals surface area contributed by atoms with E-state index in [2.05, 4.69) is 0 Å². The van der Waals surface area contributed by atoms with Crippen LogP contribution in [-0.4, -0.2) is 14.9 Å². The third-order valence-electron chi connectivity index (χ3n) is 1.54. The highest BCUT2D eigenvalue weighted by Gasteiger charge is 2.28. The normalized spacial score (nSPS) is 14.0. The molecule has 2 nitrogen and oxygen atoms in total. The van der Waals surface area contributed by atoms with E-state index in [0.29, 0.717) is 0 Å². The van der Waals surface area contributed by atoms with Crippen molar-refractivity contribution >= 4 is 11.1 Å². The van der Waals surface area contributed by atoms with Crippen LogP contribution in [0.25, 0.3) is 0 Å². The van der Waals surface area contributed by atoms with Crippen LogP contribution in [0.1, 0.15) is 5.56 Å². The second-order valence-electron chi connectivity index (χ2n) is 2.63. The van der Waals surface area contributed by atoms with Gasteiger partial charge in [0.1, 0.15) is 0 Å². The van der Waals surface area contributed by atoms with Gasteiger partial charge in [0.15, 0.2) is 0 Å². The fraction of sp³-hybridized carbons (Fsp3) is 0.250. The second-order valence-corrected chi connectivity index (χ2v) is 3.54. The minimum absolute atomic E-state index is 0.228. The van der Waals surface area contributed by atoms with Crippen LogP contribution in [0.15, 0.2) is 29.2 Å². The molecule has 0 bridgehead atoms. The second kappa shape index (κ2) is 4.10. The monoisotopic (exact) mass is 223 g/mol. The van der Waals surface area contributed by atoms with Crippen molar-refractivity contribution in [2.45, 2.75) is 17.5 Å². The number of rotatable bonds is 2. The van der Waals surface area contributed by atoms with Crippen LogP contribution in [0.4, 0.5) is 13.2 Å². The largest absolute Gasteiger partial charge is 0.768 e. The van der Waals surface area contributed by atoms with Gasteiger partial charge in [0, 0.05) is 4.90 Å². The van der Waals surface area contributed by atoms with E-state index in [-0.39, 0.29) is 10.5 Å². The Morgan fingerprint density at radius 2 is 1.86 bits per heavy atom. The fourth-order valence-electron chi connectivity index (χ4n) is 1.03. The minimum Gasteiger partial charge on any atom is -0.768 e. The molecule has 1 aromatic carbocycles. The van der Waals surface area contributed by atoms with Gasteiger partial charge in [-0.3, -0.25) is 4.21 Å². The fourth-order valence-corrected chi connectivity index (χ4v) is 1.57. The van der Waals surface area contributed by atoms with E-state index in [1.54, 1.807) is 0 Å². The van der Waals surface area contributed by atoms with Crippen molar-refractivity contribution in [3.05, 3.63) is 29.8 Å². The zero-order chi connectivity index (χ0) is 10.8. The molecule has 1 unspecified atom stereocenters. The summed E-state index contributed by atoms with van der Waals surface area (Å²) in [4.78, 5) is -0.301. The van der Waals surface area contributed by atoms with E-state index >= 15 is 0 Å². The number of halogens is 3. The van der Waals surface area contributed by atoms with Crippen molar-refractivity contribution < 1.29 is 21.9 Å². The SMILES string of the molecule is O=S([O-])c1ccccc1CC(F)(F)F. The molecule has 0 aromatic heterocycles. The van der Waals surface area contributed by atoms with E-state index in [1.165, 1.54) is 12.1 Å². The summed E-state index contributed by atoms with van der Waals surface area (Å²) in [6.07, 6.45) is -5.62. The topological polar surface area (TPSA) is 40.1 Å². The molecule has 0 aliphatic heterocycles. The van der Waals surface area contributed by atoms with Gasteiger partial charge in [0.05, 0.1) is 6.42 Å². The summed E-state index contributed by atoms with van der Waals surface area (Å²) in [5.74, 6) is 0. The van der Waals surface area contributed by atoms with Crippen LogP contribution in [-0.2, 0) is 17.5 Å². The summed E-state index contributed by atoms with van der Waals surface area (Å²) in [7, 11) is 0. The zero-order valence-corrected chi connectivity index (χ0v) is 7.69. The highest BCUT2D eigenvalue weighted by Crippen LogP contribution is 2.24. The van der Waals surface area contributed by atoms with E-state index < -0.39 is 23.7 Å². The first kappa shape index (κ1) is 11.2. The lowest BCUT2D eigenvalue weighted by Gasteiger charge is -2.12. The first-order valence-electron chi connectivity index (χ1n) is 3.64. The number of benzene rings is 1. The first-order valence-corrected chi connectivity index (χ1v) is 4.71. The summed E-state index contributed by atoms with van der Waals surface area (Å²) in [6.45, 7) is 0. The van der Waals surface area contributed by atoms with Gasteiger partial charge in [-0.15, -0.1) is 0 Å². The maximum Gasteiger partial charge on any atom is 0.393 e. The average Bonchev–Trinajstić information content (AvgIpc) is 2.01. The van der Waals surface area contributed by atoms with Crippen molar-refractivity contribution in [1.82, 2.24) is 0 Å². The summed E-state index contributed by atoms with van der Waals surface area (Å²) < 4.78 is 57.0. The highest BCUT2D eigenvalue weighted by atomic mass is 32.2. The van der Waals surface area contributed by atoms with Crippen molar-refractivity contribution in [3.63, 3.8) is 0 Å². The van der Waals surface area contributed by atoms with Gasteiger partial charge < -0.3 is 4.55 Å². The molecule has 0 N–H and O–H groups in total. The third-order valence-corrected chi connectivity index (χ3v) is 2.30. The molecule has 6 heteroatoms. The molecule has 0 fully saturated rings. The predicted octanol–water partition coefficient (Wildman–Crippen LogP) is 2.03. The standard InChI is InChI=1S/C8H7F3O2S/c9-8(10,11)5-6-3-1-2-4-7(6)14(12)13/h1-4H,5H2,(H,12,13)/p-1. The summed E-state index contributed by atoms with van der Waals surface area (Å²) in [5, 5.41) is 0. The Morgan fingerprint density at radius 1 is 1.29 bits per heavy atom. The maximum atomic E-state index is 12.0. The predicted molar refractivity (Wildman–Crippen MR) is 43.4 cm³/mol. The summed E-state index contributed by atoms with van der Waals surface area (Å²) >= 11 is -2.63. The van der Waals surface area contributed by atoms with Crippen molar-refractivity contribution in [3.8, 4) is 0 Å². The number of hydrogen-bond acceptors (Lipinski definition) is 2. The first-order chi connectivity index (χ1) is 6.40. The van der Waals surface area contributed by atoms with Gasteiger partial charge >= 0.3 is 6.18 Å². The molecule has 1 atom stereocenters. The Bertz CT molecular complexity index is 349. The Hall–Kier alpha value is -0.880. The molecule has 14 heavy (non-hydrogen) atoms. The van der Waals surface area contributed by atoms with Crippen molar-refractivity contribution in [1.29, 1.82) is 0 Å². The quantitative estimate of drug-likeness (QED) is 0.720. The molecule has 0 saturated carbocycles. The van der Waals surface area contributed by atoms with Gasteiger partial charge in [-0.2, -0.15) is 13.2 Å². The van der Waals surface area contributed by atoms with Crippen LogP contribution >= 0.6 is 0 Å². The molecule has 0 aliphatic carbocycles. The molecular weight excluding hydrogens is 217 g/mol. The molecule has 0 spiro atoms. The van der Waals surface area contributed by atoms with Crippen molar-refractivity contribution in [2.24, 2.45) is 0 Å². The van der Waals surface area contributed by atoms with Crippen LogP contribution in [0.5, 0.6) is 0 Å². The molecule has 0 heterocycles. The molecule has 0 aliphatic rings. The zero-order valence-electron chi connectivity index (χ0n) is 6.88. The smallest absolute Gasteiger partial charge is 0.393 e. The number of alkyl halides is 3. The number of hydrogen-bond donors (Lipinski definition) is 0. The van der Waals surface area contributed by atoms with E-state index in [9.17, 15) is 21.9 Å². The minimum atomic E-state index is -4.39. The molecule has 0 amide bonds. The Kier molecular flexibility index (Phi) is 3.28. The highest BCUT2D eigenvalue weighted by molar-refractivity contribution is 7.79. The lowest BCUT2D eigenvalue weighted by Crippen LogP contribution is -2.13. The van der Waals surface area contributed by atoms with E-state index in [4.69, 9.17) is 0 Å². The maximum absolute atomic E-state index is 12.0. The molecule has 78 valence electrons. The Balaban J connectivity index is 3.02. The van der Waals surface area contributed by atoms with Gasteiger partial charge in [-0.25, -0.2) is 0 Å². The molecular formula is C8H6F3O2S-. The average molecular weight is 223 g/mol. The van der Waals surface area contributed by atoms with Crippen LogP contribution in [0.2, 0.25) is 0 Å². The van der Waals surface area contributed by atoms with E-state index in [0.717, 1.165) is 12.1 Å². The van der Waals surface area contributed by atoms with Gasteiger partial charge in [-0.05, 0) is 22.7 Å². The molecule has 1 rings (SSSR count). The van der Waals surface area contributed by atoms with E-state index in [1.807, 2.05) is 0 Å². The lowest BCUT2D eigenvalue weighted by atomic mass is 10.1. The van der Waals surface area contributed by atoms with Gasteiger partial charge in [0.2, 0.25) is 0 Å². The van der Waals surface area contributed by atoms with Crippen LogP contribution in [0.3, 0.4) is 0 Å². The van der Waals surface area contributed by atoms with Gasteiger partial charge in [-0.1, -0.05) is 18.2 Å². The summed E-state index contributed by atoms with van der Waals surface area (Å²) in [5.41, 5.74) is -0.228. The molecule has 1 aromatic rings. The van der Waals surface area contributed by atoms with Crippen LogP contribution in [0, 0.1) is 0 Å². The molecule has 0 radical (unpaired) electrons. The van der Waals surface area contributed by atoms with Crippen molar-refractivity contribution in [2.75, 3.05) is 0 Å².